The van der Waals surface area contributed by atoms with E-state index in [-0.39, 0.29) is 17.7 Å². The monoisotopic (exact) mass is 183 g/mol. The first-order chi connectivity index (χ1) is 6.07. The molecule has 0 bridgehead atoms. The molecule has 1 heterocycles. The van der Waals surface area contributed by atoms with Crippen LogP contribution in [-0.4, -0.2) is 21.2 Å². The molecule has 1 unspecified atom stereocenters. The van der Waals surface area contributed by atoms with E-state index in [0.29, 0.717) is 5.82 Å². The van der Waals surface area contributed by atoms with Gasteiger partial charge in [0, 0.05) is 19.8 Å². The third-order valence-corrected chi connectivity index (χ3v) is 2.01. The molecular formula is C8H13N3O2. The van der Waals surface area contributed by atoms with Gasteiger partial charge in [0.15, 0.2) is 0 Å². The average Bonchev–Trinajstić information content (AvgIpc) is 2.13. The lowest BCUT2D eigenvalue weighted by Gasteiger charge is -2.09. The zero-order valence-electron chi connectivity index (χ0n) is 7.69. The second-order valence-electron chi connectivity index (χ2n) is 2.88. The minimum atomic E-state index is -0.924. The topological polar surface area (TPSA) is 81.1 Å². The Bertz CT molecular complexity index is 359. The number of aromatic nitrogens is 2. The number of hydrogen-bond donors (Lipinski definition) is 2. The van der Waals surface area contributed by atoms with Crippen molar-refractivity contribution in [2.24, 2.45) is 12.8 Å². The summed E-state index contributed by atoms with van der Waals surface area (Å²) < 4.78 is 1.38. The average molecular weight is 183 g/mol. The van der Waals surface area contributed by atoms with Crippen molar-refractivity contribution in [3.8, 4) is 0 Å². The van der Waals surface area contributed by atoms with Crippen LogP contribution in [0.4, 0.5) is 0 Å². The first kappa shape index (κ1) is 9.88. The van der Waals surface area contributed by atoms with Gasteiger partial charge in [-0.2, -0.15) is 0 Å². The Kier molecular flexibility index (Phi) is 2.79. The number of aliphatic hydroxyl groups excluding tert-OH is 1. The summed E-state index contributed by atoms with van der Waals surface area (Å²) in [7, 11) is 1.61. The molecule has 0 amide bonds. The maximum absolute atomic E-state index is 11.5. The molecule has 0 aromatic carbocycles. The number of nitrogens with zero attached hydrogens (tertiary/aromatic N) is 2. The molecule has 3 N–H and O–H groups in total. The number of aryl methyl sites for hydroxylation is 1. The van der Waals surface area contributed by atoms with E-state index in [2.05, 4.69) is 4.98 Å². The molecule has 0 aliphatic carbocycles. The third-order valence-electron chi connectivity index (χ3n) is 2.01. The predicted molar refractivity (Wildman–Crippen MR) is 48.2 cm³/mol. The standard InChI is InChI=1S/C8H13N3O2/c1-5-10-4-6(7(12)3-9)8(13)11(5)2/h4,7,12H,3,9H2,1-2H3. The normalized spacial score (nSPS) is 12.9. The van der Waals surface area contributed by atoms with Crippen LogP contribution in [0.5, 0.6) is 0 Å². The Balaban J connectivity index is 3.26. The molecule has 0 aliphatic heterocycles. The van der Waals surface area contributed by atoms with Gasteiger partial charge in [-0.3, -0.25) is 9.36 Å². The molecule has 0 fully saturated rings. The molecule has 0 radical (unpaired) electrons. The molecule has 1 aromatic rings. The fraction of sp³-hybridized carbons (Fsp3) is 0.500. The van der Waals surface area contributed by atoms with Gasteiger partial charge in [0.1, 0.15) is 5.82 Å². The van der Waals surface area contributed by atoms with Crippen molar-refractivity contribution in [3.63, 3.8) is 0 Å². The van der Waals surface area contributed by atoms with Crippen molar-refractivity contribution in [1.29, 1.82) is 0 Å². The summed E-state index contributed by atoms with van der Waals surface area (Å²) in [5.41, 5.74) is 5.24. The fourth-order valence-corrected chi connectivity index (χ4v) is 1.00. The molecule has 1 atom stereocenters. The highest BCUT2D eigenvalue weighted by atomic mass is 16.3. The molecule has 1 aromatic heterocycles. The van der Waals surface area contributed by atoms with Crippen molar-refractivity contribution in [3.05, 3.63) is 27.9 Å². The molecule has 0 aliphatic rings. The number of nitrogens with two attached hydrogens (primary N) is 1. The van der Waals surface area contributed by atoms with E-state index >= 15 is 0 Å². The molecule has 5 nitrogen and oxygen atoms in total. The molecule has 5 heteroatoms. The predicted octanol–water partition coefficient (Wildman–Crippen LogP) is -0.919. The Hall–Kier alpha value is -1.20. The van der Waals surface area contributed by atoms with E-state index in [1.807, 2.05) is 0 Å². The largest absolute Gasteiger partial charge is 0.387 e. The van der Waals surface area contributed by atoms with Crippen LogP contribution in [0.1, 0.15) is 17.5 Å². The third kappa shape index (κ3) is 1.76. The van der Waals surface area contributed by atoms with Crippen molar-refractivity contribution in [1.82, 2.24) is 9.55 Å². The van der Waals surface area contributed by atoms with Gasteiger partial charge in [-0.1, -0.05) is 0 Å². The molecule has 13 heavy (non-hydrogen) atoms. The second-order valence-corrected chi connectivity index (χ2v) is 2.88. The summed E-state index contributed by atoms with van der Waals surface area (Å²) in [6, 6.07) is 0. The summed E-state index contributed by atoms with van der Waals surface area (Å²) in [5.74, 6) is 0.609. The van der Waals surface area contributed by atoms with Gasteiger partial charge in [-0.15, -0.1) is 0 Å². The second kappa shape index (κ2) is 3.68. The fourth-order valence-electron chi connectivity index (χ4n) is 1.00. The molecular weight excluding hydrogens is 170 g/mol. The van der Waals surface area contributed by atoms with Crippen molar-refractivity contribution >= 4 is 0 Å². The summed E-state index contributed by atoms with van der Waals surface area (Å²) >= 11 is 0. The number of hydrogen-bond acceptors (Lipinski definition) is 4. The van der Waals surface area contributed by atoms with E-state index in [0.717, 1.165) is 0 Å². The lowest BCUT2D eigenvalue weighted by molar-refractivity contribution is 0.184. The molecule has 72 valence electrons. The molecule has 0 saturated carbocycles. The minimum Gasteiger partial charge on any atom is -0.387 e. The SMILES string of the molecule is Cc1ncc(C(O)CN)c(=O)n1C. The van der Waals surface area contributed by atoms with E-state index in [9.17, 15) is 9.90 Å². The van der Waals surface area contributed by atoms with E-state index in [1.54, 1.807) is 14.0 Å². The zero-order valence-corrected chi connectivity index (χ0v) is 7.69. The first-order valence-electron chi connectivity index (χ1n) is 3.98. The molecule has 1 rings (SSSR count). The molecule has 0 spiro atoms. The Morgan fingerprint density at radius 2 is 2.38 bits per heavy atom. The number of rotatable bonds is 2. The van der Waals surface area contributed by atoms with Crippen LogP contribution in [0.2, 0.25) is 0 Å². The van der Waals surface area contributed by atoms with Crippen LogP contribution >= 0.6 is 0 Å². The van der Waals surface area contributed by atoms with Gasteiger partial charge in [0.05, 0.1) is 11.7 Å². The van der Waals surface area contributed by atoms with Crippen LogP contribution in [-0.2, 0) is 7.05 Å². The van der Waals surface area contributed by atoms with Crippen molar-refractivity contribution in [2.75, 3.05) is 6.54 Å². The van der Waals surface area contributed by atoms with Gasteiger partial charge in [-0.05, 0) is 6.92 Å². The van der Waals surface area contributed by atoms with Crippen LogP contribution in [0.15, 0.2) is 11.0 Å². The van der Waals surface area contributed by atoms with Gasteiger partial charge in [0.25, 0.3) is 5.56 Å². The summed E-state index contributed by atoms with van der Waals surface area (Å²) in [6.07, 6.45) is 0.446. The summed E-state index contributed by atoms with van der Waals surface area (Å²) in [4.78, 5) is 15.5. The van der Waals surface area contributed by atoms with E-state index < -0.39 is 6.10 Å². The van der Waals surface area contributed by atoms with Crippen LogP contribution in [0, 0.1) is 6.92 Å². The minimum absolute atomic E-state index is 0.0278. The highest BCUT2D eigenvalue weighted by Crippen LogP contribution is 2.03. The van der Waals surface area contributed by atoms with Gasteiger partial charge < -0.3 is 10.8 Å². The first-order valence-corrected chi connectivity index (χ1v) is 3.98. The summed E-state index contributed by atoms with van der Waals surface area (Å²) in [5, 5.41) is 9.35. The lowest BCUT2D eigenvalue weighted by Crippen LogP contribution is -2.28. The smallest absolute Gasteiger partial charge is 0.259 e. The Morgan fingerprint density at radius 3 is 2.92 bits per heavy atom. The maximum atomic E-state index is 11.5. The van der Waals surface area contributed by atoms with E-state index in [4.69, 9.17) is 5.73 Å². The molecule has 0 saturated heterocycles. The van der Waals surface area contributed by atoms with Crippen molar-refractivity contribution < 1.29 is 5.11 Å². The Labute approximate surface area is 75.8 Å². The van der Waals surface area contributed by atoms with E-state index in [1.165, 1.54) is 10.8 Å². The van der Waals surface area contributed by atoms with Crippen LogP contribution < -0.4 is 11.3 Å². The highest BCUT2D eigenvalue weighted by molar-refractivity contribution is 5.10. The number of aliphatic hydroxyl groups is 1. The zero-order chi connectivity index (χ0) is 10.0. The lowest BCUT2D eigenvalue weighted by atomic mass is 10.2. The quantitative estimate of drug-likeness (QED) is 0.621. The van der Waals surface area contributed by atoms with Crippen molar-refractivity contribution in [2.45, 2.75) is 13.0 Å². The highest BCUT2D eigenvalue weighted by Gasteiger charge is 2.11. The van der Waals surface area contributed by atoms with Gasteiger partial charge in [0.2, 0.25) is 0 Å². The van der Waals surface area contributed by atoms with Crippen LogP contribution in [0.3, 0.4) is 0 Å². The van der Waals surface area contributed by atoms with Crippen LogP contribution in [0.25, 0.3) is 0 Å². The van der Waals surface area contributed by atoms with Gasteiger partial charge in [-0.25, -0.2) is 4.98 Å². The van der Waals surface area contributed by atoms with Gasteiger partial charge >= 0.3 is 0 Å². The maximum Gasteiger partial charge on any atom is 0.259 e. The summed E-state index contributed by atoms with van der Waals surface area (Å²) in [6.45, 7) is 1.75. The Morgan fingerprint density at radius 1 is 1.77 bits per heavy atom.